The third kappa shape index (κ3) is 3.62. The molecule has 8 nitrogen and oxygen atoms in total. The zero-order valence-corrected chi connectivity index (χ0v) is 15.8. The van der Waals surface area contributed by atoms with Crippen LogP contribution in [0.4, 0.5) is 0 Å². The number of nitrogens with one attached hydrogen (secondary N) is 2. The normalized spacial score (nSPS) is 17.1. The van der Waals surface area contributed by atoms with Crippen LogP contribution in [-0.4, -0.2) is 51.0 Å². The Kier molecular flexibility index (Phi) is 5.10. The fourth-order valence-corrected chi connectivity index (χ4v) is 3.68. The number of nitrogens with zero attached hydrogens (tertiary/aromatic N) is 3. The Hall–Kier alpha value is -3.16. The quantitative estimate of drug-likeness (QED) is 0.678. The summed E-state index contributed by atoms with van der Waals surface area (Å²) in [5.74, 6) is 0.827. The van der Waals surface area contributed by atoms with E-state index in [0.29, 0.717) is 44.1 Å². The van der Waals surface area contributed by atoms with Gasteiger partial charge in [0.15, 0.2) is 0 Å². The van der Waals surface area contributed by atoms with Crippen molar-refractivity contribution in [1.82, 2.24) is 25.4 Å². The first-order chi connectivity index (χ1) is 13.7. The van der Waals surface area contributed by atoms with E-state index in [1.54, 1.807) is 4.90 Å². The number of piperazine rings is 1. The van der Waals surface area contributed by atoms with Crippen LogP contribution < -0.4 is 5.32 Å². The number of rotatable bonds is 6. The zero-order chi connectivity index (χ0) is 19.5. The first-order valence-corrected chi connectivity index (χ1v) is 9.59. The van der Waals surface area contributed by atoms with Crippen LogP contribution in [0, 0.1) is 0 Å². The molecule has 0 spiro atoms. The molecule has 2 amide bonds. The molecule has 1 aromatic carbocycles. The van der Waals surface area contributed by atoms with Gasteiger partial charge in [0.05, 0.1) is 6.42 Å². The average Bonchev–Trinajstić information content (AvgIpc) is 3.33. The molecule has 3 heterocycles. The minimum absolute atomic E-state index is 0.0573. The summed E-state index contributed by atoms with van der Waals surface area (Å²) in [4.78, 5) is 29.3. The van der Waals surface area contributed by atoms with Gasteiger partial charge >= 0.3 is 0 Å². The van der Waals surface area contributed by atoms with Crippen molar-refractivity contribution in [2.75, 3.05) is 13.1 Å². The number of aromatic nitrogens is 3. The second kappa shape index (κ2) is 7.84. The van der Waals surface area contributed by atoms with Crippen molar-refractivity contribution in [3.8, 4) is 0 Å². The van der Waals surface area contributed by atoms with Crippen LogP contribution in [-0.2, 0) is 22.4 Å². The van der Waals surface area contributed by atoms with Crippen LogP contribution in [0.25, 0.3) is 10.9 Å². The third-order valence-corrected chi connectivity index (χ3v) is 5.12. The van der Waals surface area contributed by atoms with Gasteiger partial charge in [0.2, 0.25) is 23.6 Å². The highest BCUT2D eigenvalue weighted by Gasteiger charge is 2.31. The van der Waals surface area contributed by atoms with Gasteiger partial charge < -0.3 is 19.6 Å². The molecular weight excluding hydrogens is 358 g/mol. The van der Waals surface area contributed by atoms with Crippen LogP contribution in [0.3, 0.4) is 0 Å². The van der Waals surface area contributed by atoms with E-state index in [2.05, 4.69) is 26.6 Å². The number of hydrogen-bond acceptors (Lipinski definition) is 5. The van der Waals surface area contributed by atoms with E-state index in [1.807, 2.05) is 31.3 Å². The van der Waals surface area contributed by atoms with E-state index in [4.69, 9.17) is 4.42 Å². The fraction of sp³-hybridized carbons (Fsp3) is 0.400. The maximum Gasteiger partial charge on any atom is 0.242 e. The Bertz CT molecular complexity index is 993. The molecule has 3 aromatic rings. The van der Waals surface area contributed by atoms with Crippen LogP contribution >= 0.6 is 0 Å². The lowest BCUT2D eigenvalue weighted by molar-refractivity contribution is -0.143. The molecule has 28 heavy (non-hydrogen) atoms. The number of H-pyrrole nitrogens is 1. The van der Waals surface area contributed by atoms with Crippen LogP contribution in [0.15, 0.2) is 34.9 Å². The van der Waals surface area contributed by atoms with Gasteiger partial charge in [-0.1, -0.05) is 25.1 Å². The number of carbonyl (C=O) groups is 2. The Morgan fingerprint density at radius 2 is 2.11 bits per heavy atom. The van der Waals surface area contributed by atoms with Crippen molar-refractivity contribution >= 4 is 22.7 Å². The third-order valence-electron chi connectivity index (χ3n) is 5.12. The molecule has 146 valence electrons. The van der Waals surface area contributed by atoms with Crippen LogP contribution in [0.2, 0.25) is 0 Å². The van der Waals surface area contributed by atoms with Gasteiger partial charge in [-0.25, -0.2) is 0 Å². The number of para-hydroxylation sites is 1. The van der Waals surface area contributed by atoms with E-state index in [9.17, 15) is 9.59 Å². The monoisotopic (exact) mass is 381 g/mol. The molecule has 4 rings (SSSR count). The van der Waals surface area contributed by atoms with Crippen molar-refractivity contribution < 1.29 is 14.0 Å². The summed E-state index contributed by atoms with van der Waals surface area (Å²) in [5, 5.41) is 12.1. The molecular formula is C20H23N5O3. The number of aromatic amines is 1. The molecule has 1 saturated heterocycles. The van der Waals surface area contributed by atoms with Gasteiger partial charge in [-0.2, -0.15) is 0 Å². The van der Waals surface area contributed by atoms with Gasteiger partial charge in [0.25, 0.3) is 0 Å². The average molecular weight is 381 g/mol. The van der Waals surface area contributed by atoms with E-state index in [-0.39, 0.29) is 24.3 Å². The molecule has 1 fully saturated rings. The maximum absolute atomic E-state index is 12.5. The highest BCUT2D eigenvalue weighted by Crippen LogP contribution is 2.20. The molecule has 0 bridgehead atoms. The van der Waals surface area contributed by atoms with Crippen molar-refractivity contribution in [2.24, 2.45) is 0 Å². The highest BCUT2D eigenvalue weighted by molar-refractivity contribution is 5.88. The molecule has 1 aliphatic rings. The molecule has 8 heteroatoms. The standard InChI is InChI=1S/C20H23N5O3/c1-2-16-20(27)21-9-10-25(16)19(26)8-7-17-23-24-18(28-17)11-13-12-22-15-6-4-3-5-14(13)15/h3-6,12,16,22H,2,7-11H2,1H3,(H,21,27). The summed E-state index contributed by atoms with van der Waals surface area (Å²) in [7, 11) is 0. The topological polar surface area (TPSA) is 104 Å². The zero-order valence-electron chi connectivity index (χ0n) is 15.8. The summed E-state index contributed by atoms with van der Waals surface area (Å²) in [6, 6.07) is 7.67. The smallest absolute Gasteiger partial charge is 0.242 e. The summed E-state index contributed by atoms with van der Waals surface area (Å²) >= 11 is 0. The number of amides is 2. The van der Waals surface area contributed by atoms with Gasteiger partial charge in [0, 0.05) is 43.0 Å². The number of hydrogen-bond donors (Lipinski definition) is 2. The lowest BCUT2D eigenvalue weighted by Gasteiger charge is -2.34. The molecule has 1 aliphatic heterocycles. The predicted molar refractivity (Wildman–Crippen MR) is 103 cm³/mol. The summed E-state index contributed by atoms with van der Waals surface area (Å²) in [6.07, 6.45) is 3.71. The molecule has 1 atom stereocenters. The molecule has 0 radical (unpaired) electrons. The first kappa shape index (κ1) is 18.2. The summed E-state index contributed by atoms with van der Waals surface area (Å²) < 4.78 is 5.73. The Morgan fingerprint density at radius 1 is 1.29 bits per heavy atom. The molecule has 2 aromatic heterocycles. The van der Waals surface area contributed by atoms with Gasteiger partial charge in [-0.05, 0) is 18.1 Å². The number of benzene rings is 1. The largest absolute Gasteiger partial charge is 0.425 e. The van der Waals surface area contributed by atoms with Crippen LogP contribution in [0.1, 0.15) is 37.1 Å². The number of fused-ring (bicyclic) bond motifs is 1. The highest BCUT2D eigenvalue weighted by atomic mass is 16.4. The van der Waals surface area contributed by atoms with Gasteiger partial charge in [-0.15, -0.1) is 10.2 Å². The second-order valence-electron chi connectivity index (χ2n) is 6.93. The minimum atomic E-state index is -0.388. The Morgan fingerprint density at radius 3 is 2.96 bits per heavy atom. The molecule has 1 unspecified atom stereocenters. The fourth-order valence-electron chi connectivity index (χ4n) is 3.68. The summed E-state index contributed by atoms with van der Waals surface area (Å²) in [5.41, 5.74) is 2.16. The van der Waals surface area contributed by atoms with Crippen molar-refractivity contribution in [2.45, 2.75) is 38.6 Å². The maximum atomic E-state index is 12.5. The lowest BCUT2D eigenvalue weighted by Crippen LogP contribution is -2.56. The van der Waals surface area contributed by atoms with Crippen molar-refractivity contribution in [3.05, 3.63) is 47.8 Å². The van der Waals surface area contributed by atoms with Gasteiger partial charge in [0.1, 0.15) is 6.04 Å². The Balaban J connectivity index is 1.37. The van der Waals surface area contributed by atoms with E-state index in [0.717, 1.165) is 16.5 Å². The molecule has 2 N–H and O–H groups in total. The van der Waals surface area contributed by atoms with E-state index in [1.165, 1.54) is 0 Å². The number of carbonyl (C=O) groups excluding carboxylic acids is 2. The van der Waals surface area contributed by atoms with Gasteiger partial charge in [-0.3, -0.25) is 9.59 Å². The lowest BCUT2D eigenvalue weighted by atomic mass is 10.1. The molecule has 0 aliphatic carbocycles. The first-order valence-electron chi connectivity index (χ1n) is 9.59. The van der Waals surface area contributed by atoms with Crippen LogP contribution in [0.5, 0.6) is 0 Å². The predicted octanol–water partition coefficient (Wildman–Crippen LogP) is 1.81. The minimum Gasteiger partial charge on any atom is -0.425 e. The number of aryl methyl sites for hydroxylation is 1. The molecule has 0 saturated carbocycles. The van der Waals surface area contributed by atoms with Crippen molar-refractivity contribution in [1.29, 1.82) is 0 Å². The second-order valence-corrected chi connectivity index (χ2v) is 6.93. The SMILES string of the molecule is CCC1C(=O)NCCN1C(=O)CCc1nnc(Cc2c[nH]c3ccccc23)o1. The van der Waals surface area contributed by atoms with Crippen molar-refractivity contribution in [3.63, 3.8) is 0 Å². The van der Waals surface area contributed by atoms with E-state index >= 15 is 0 Å². The van der Waals surface area contributed by atoms with E-state index < -0.39 is 0 Å². The Labute approximate surface area is 162 Å². The summed E-state index contributed by atoms with van der Waals surface area (Å²) in [6.45, 7) is 2.94.